The van der Waals surface area contributed by atoms with E-state index in [4.69, 9.17) is 5.73 Å². The van der Waals surface area contributed by atoms with Crippen molar-refractivity contribution in [3.05, 3.63) is 34.9 Å². The van der Waals surface area contributed by atoms with Crippen molar-refractivity contribution in [2.75, 3.05) is 6.54 Å². The van der Waals surface area contributed by atoms with Gasteiger partial charge in [-0.05, 0) is 68.2 Å². The zero-order valence-electron chi connectivity index (χ0n) is 9.63. The normalized spacial score (nSPS) is 20.0. The number of aryl methyl sites for hydroxylation is 1. The van der Waals surface area contributed by atoms with Crippen LogP contribution in [-0.4, -0.2) is 6.54 Å². The van der Waals surface area contributed by atoms with Gasteiger partial charge >= 0.3 is 0 Å². The maximum atomic E-state index is 5.56. The fourth-order valence-electron chi connectivity index (χ4n) is 2.73. The summed E-state index contributed by atoms with van der Waals surface area (Å²) in [5, 5.41) is 0. The largest absolute Gasteiger partial charge is 0.330 e. The minimum Gasteiger partial charge on any atom is -0.330 e. The average Bonchev–Trinajstić information content (AvgIpc) is 2.26. The Kier molecular flexibility index (Phi) is 3.42. The van der Waals surface area contributed by atoms with Gasteiger partial charge in [0, 0.05) is 0 Å². The summed E-state index contributed by atoms with van der Waals surface area (Å²) in [6, 6.07) is 6.73. The molecule has 82 valence electrons. The highest BCUT2D eigenvalue weighted by atomic mass is 14.5. The van der Waals surface area contributed by atoms with Crippen molar-refractivity contribution in [2.45, 2.75) is 39.0 Å². The Hall–Kier alpha value is -0.820. The molecule has 0 bridgehead atoms. The van der Waals surface area contributed by atoms with Gasteiger partial charge in [0.2, 0.25) is 0 Å². The molecule has 0 saturated carbocycles. The second-order valence-corrected chi connectivity index (χ2v) is 4.75. The van der Waals surface area contributed by atoms with E-state index in [-0.39, 0.29) is 0 Å². The summed E-state index contributed by atoms with van der Waals surface area (Å²) in [5.41, 5.74) is 10.2. The molecule has 1 atom stereocenters. The van der Waals surface area contributed by atoms with Gasteiger partial charge in [-0.3, -0.25) is 0 Å². The zero-order chi connectivity index (χ0) is 10.7. The first-order valence-corrected chi connectivity index (χ1v) is 6.08. The van der Waals surface area contributed by atoms with Crippen molar-refractivity contribution < 1.29 is 0 Å². The minimum atomic E-state index is 0.844. The first-order chi connectivity index (χ1) is 7.31. The Morgan fingerprint density at radius 1 is 1.40 bits per heavy atom. The molecule has 0 radical (unpaired) electrons. The standard InChI is InChI=1S/C14H21N/c1-11-4-2-6-13-10-12(5-3-9-15)7-8-14(11)13/h2,4,6,12H,3,5,7-10,15H2,1H3. The summed E-state index contributed by atoms with van der Waals surface area (Å²) < 4.78 is 0. The lowest BCUT2D eigenvalue weighted by molar-refractivity contribution is 0.417. The predicted octanol–water partition coefficient (Wildman–Crippen LogP) is 2.84. The van der Waals surface area contributed by atoms with Crippen LogP contribution in [0.1, 0.15) is 36.0 Å². The summed E-state index contributed by atoms with van der Waals surface area (Å²) in [6.07, 6.45) is 6.40. The summed E-state index contributed by atoms with van der Waals surface area (Å²) in [7, 11) is 0. The van der Waals surface area contributed by atoms with Crippen LogP contribution in [-0.2, 0) is 12.8 Å². The molecule has 2 rings (SSSR count). The molecule has 1 aromatic rings. The van der Waals surface area contributed by atoms with Gasteiger partial charge in [-0.1, -0.05) is 18.2 Å². The van der Waals surface area contributed by atoms with E-state index in [2.05, 4.69) is 25.1 Å². The van der Waals surface area contributed by atoms with E-state index in [0.29, 0.717) is 0 Å². The molecule has 2 N–H and O–H groups in total. The molecule has 0 spiro atoms. The summed E-state index contributed by atoms with van der Waals surface area (Å²) >= 11 is 0. The van der Waals surface area contributed by atoms with Crippen LogP contribution >= 0.6 is 0 Å². The number of hydrogen-bond donors (Lipinski definition) is 1. The van der Waals surface area contributed by atoms with E-state index in [0.717, 1.165) is 12.5 Å². The van der Waals surface area contributed by atoms with E-state index in [1.807, 2.05) is 0 Å². The van der Waals surface area contributed by atoms with Gasteiger partial charge in [0.15, 0.2) is 0 Å². The molecule has 1 aliphatic rings. The monoisotopic (exact) mass is 203 g/mol. The summed E-state index contributed by atoms with van der Waals surface area (Å²) in [4.78, 5) is 0. The molecular formula is C14H21N. The molecular weight excluding hydrogens is 182 g/mol. The molecule has 15 heavy (non-hydrogen) atoms. The Balaban J connectivity index is 2.07. The molecule has 1 unspecified atom stereocenters. The Morgan fingerprint density at radius 3 is 3.07 bits per heavy atom. The highest BCUT2D eigenvalue weighted by Gasteiger charge is 2.18. The lowest BCUT2D eigenvalue weighted by atomic mass is 9.80. The van der Waals surface area contributed by atoms with Gasteiger partial charge in [0.25, 0.3) is 0 Å². The Morgan fingerprint density at radius 2 is 2.27 bits per heavy atom. The number of nitrogens with two attached hydrogens (primary N) is 1. The SMILES string of the molecule is Cc1cccc2c1CCC(CCCN)C2. The second kappa shape index (κ2) is 4.80. The third-order valence-corrected chi connectivity index (χ3v) is 3.63. The van der Waals surface area contributed by atoms with Crippen LogP contribution in [0.5, 0.6) is 0 Å². The second-order valence-electron chi connectivity index (χ2n) is 4.75. The Labute approximate surface area is 92.7 Å². The fraction of sp³-hybridized carbons (Fsp3) is 0.571. The third kappa shape index (κ3) is 2.40. The highest BCUT2D eigenvalue weighted by molar-refractivity contribution is 5.36. The van der Waals surface area contributed by atoms with Crippen molar-refractivity contribution in [3.8, 4) is 0 Å². The zero-order valence-corrected chi connectivity index (χ0v) is 9.63. The predicted molar refractivity (Wildman–Crippen MR) is 65.0 cm³/mol. The lowest BCUT2D eigenvalue weighted by Gasteiger charge is -2.25. The van der Waals surface area contributed by atoms with Crippen molar-refractivity contribution >= 4 is 0 Å². The molecule has 0 heterocycles. The van der Waals surface area contributed by atoms with Crippen LogP contribution in [0.4, 0.5) is 0 Å². The molecule has 0 fully saturated rings. The van der Waals surface area contributed by atoms with Gasteiger partial charge in [0.1, 0.15) is 0 Å². The van der Waals surface area contributed by atoms with Crippen LogP contribution in [0.25, 0.3) is 0 Å². The van der Waals surface area contributed by atoms with Crippen LogP contribution in [0, 0.1) is 12.8 Å². The van der Waals surface area contributed by atoms with Gasteiger partial charge in [-0.15, -0.1) is 0 Å². The van der Waals surface area contributed by atoms with Crippen LogP contribution in [0.3, 0.4) is 0 Å². The highest BCUT2D eigenvalue weighted by Crippen LogP contribution is 2.29. The van der Waals surface area contributed by atoms with Crippen LogP contribution < -0.4 is 5.73 Å². The summed E-state index contributed by atoms with van der Waals surface area (Å²) in [6.45, 7) is 3.08. The maximum absolute atomic E-state index is 5.56. The summed E-state index contributed by atoms with van der Waals surface area (Å²) in [5.74, 6) is 0.878. The first kappa shape index (κ1) is 10.7. The van der Waals surface area contributed by atoms with Gasteiger partial charge in [-0.25, -0.2) is 0 Å². The van der Waals surface area contributed by atoms with Gasteiger partial charge in [-0.2, -0.15) is 0 Å². The minimum absolute atomic E-state index is 0.844. The third-order valence-electron chi connectivity index (χ3n) is 3.63. The Bertz CT molecular complexity index is 330. The number of benzene rings is 1. The van der Waals surface area contributed by atoms with Gasteiger partial charge < -0.3 is 5.73 Å². The van der Waals surface area contributed by atoms with Crippen molar-refractivity contribution in [2.24, 2.45) is 11.7 Å². The molecule has 1 nitrogen and oxygen atoms in total. The number of hydrogen-bond acceptors (Lipinski definition) is 1. The van der Waals surface area contributed by atoms with E-state index in [9.17, 15) is 0 Å². The van der Waals surface area contributed by atoms with E-state index in [1.54, 1.807) is 11.1 Å². The van der Waals surface area contributed by atoms with Crippen LogP contribution in [0.2, 0.25) is 0 Å². The molecule has 1 aliphatic carbocycles. The topological polar surface area (TPSA) is 26.0 Å². The molecule has 0 aliphatic heterocycles. The molecule has 1 heteroatoms. The molecule has 0 saturated heterocycles. The maximum Gasteiger partial charge on any atom is -0.00772 e. The van der Waals surface area contributed by atoms with Crippen molar-refractivity contribution in [1.82, 2.24) is 0 Å². The lowest BCUT2D eigenvalue weighted by Crippen LogP contribution is -2.16. The van der Waals surface area contributed by atoms with E-state index in [1.165, 1.54) is 37.7 Å². The molecule has 0 amide bonds. The van der Waals surface area contributed by atoms with E-state index < -0.39 is 0 Å². The quantitative estimate of drug-likeness (QED) is 0.803. The van der Waals surface area contributed by atoms with Gasteiger partial charge in [0.05, 0.1) is 0 Å². The average molecular weight is 203 g/mol. The number of fused-ring (bicyclic) bond motifs is 1. The van der Waals surface area contributed by atoms with Crippen molar-refractivity contribution in [1.29, 1.82) is 0 Å². The molecule has 0 aromatic heterocycles. The molecule has 1 aromatic carbocycles. The smallest absolute Gasteiger partial charge is 0.00772 e. The number of rotatable bonds is 3. The fourth-order valence-corrected chi connectivity index (χ4v) is 2.73. The van der Waals surface area contributed by atoms with E-state index >= 15 is 0 Å². The first-order valence-electron chi connectivity index (χ1n) is 6.08. The van der Waals surface area contributed by atoms with Crippen molar-refractivity contribution in [3.63, 3.8) is 0 Å². The van der Waals surface area contributed by atoms with Crippen LogP contribution in [0.15, 0.2) is 18.2 Å².